The van der Waals surface area contributed by atoms with Gasteiger partial charge in [-0.05, 0) is 25.5 Å². The Morgan fingerprint density at radius 2 is 2.47 bits per heavy atom. The number of amides is 1. The summed E-state index contributed by atoms with van der Waals surface area (Å²) in [6.07, 6.45) is 2.62. The number of alkyl halides is 1. The van der Waals surface area contributed by atoms with E-state index in [1.165, 1.54) is 0 Å². The molecule has 0 bridgehead atoms. The number of hydrogen-bond donors (Lipinski definition) is 0. The van der Waals surface area contributed by atoms with Gasteiger partial charge in [-0.1, -0.05) is 0 Å². The molecule has 0 aromatic carbocycles. The summed E-state index contributed by atoms with van der Waals surface area (Å²) in [4.78, 5) is 13.7. The summed E-state index contributed by atoms with van der Waals surface area (Å²) in [7, 11) is 0. The normalized spacial score (nSPS) is 23.2. The molecular weight excluding hydrogens is 258 g/mol. The lowest BCUT2D eigenvalue weighted by atomic mass is 10.2. The molecule has 2 atom stereocenters. The Kier molecular flexibility index (Phi) is 4.40. The van der Waals surface area contributed by atoms with Gasteiger partial charge in [-0.15, -0.1) is 23.4 Å². The zero-order chi connectivity index (χ0) is 12.3. The van der Waals surface area contributed by atoms with Crippen molar-refractivity contribution in [2.75, 3.05) is 18.8 Å². The van der Waals surface area contributed by atoms with Crippen molar-refractivity contribution in [2.24, 2.45) is 0 Å². The number of thioether (sulfide) groups is 1. The van der Waals surface area contributed by atoms with Gasteiger partial charge in [0.05, 0.1) is 11.5 Å². The number of nitrogens with zero attached hydrogens (tertiary/aromatic N) is 1. The first-order valence-corrected chi connectivity index (χ1v) is 7.25. The molecule has 0 saturated carbocycles. The van der Waals surface area contributed by atoms with Crippen molar-refractivity contribution >= 4 is 29.3 Å². The topological polar surface area (TPSA) is 33.5 Å². The van der Waals surface area contributed by atoms with Crippen LogP contribution in [0.2, 0.25) is 0 Å². The van der Waals surface area contributed by atoms with Gasteiger partial charge >= 0.3 is 0 Å². The molecule has 0 spiro atoms. The van der Waals surface area contributed by atoms with Gasteiger partial charge < -0.3 is 9.32 Å². The molecule has 1 amide bonds. The summed E-state index contributed by atoms with van der Waals surface area (Å²) in [6.45, 7) is 3.26. The number of carbonyl (C=O) groups excluding carboxylic acids is 1. The third-order valence-corrected chi connectivity index (χ3v) is 4.33. The minimum Gasteiger partial charge on any atom is -0.468 e. The summed E-state index contributed by atoms with van der Waals surface area (Å²) in [6, 6.07) is 3.91. The molecule has 1 aromatic heterocycles. The van der Waals surface area contributed by atoms with Crippen LogP contribution < -0.4 is 0 Å². The summed E-state index contributed by atoms with van der Waals surface area (Å²) < 4.78 is 5.42. The van der Waals surface area contributed by atoms with Gasteiger partial charge in [0.1, 0.15) is 11.1 Å². The molecular formula is C12H16ClNO2S. The van der Waals surface area contributed by atoms with Crippen molar-refractivity contribution < 1.29 is 9.21 Å². The molecule has 17 heavy (non-hydrogen) atoms. The molecule has 1 aliphatic rings. The fraction of sp³-hybridized carbons (Fsp3) is 0.583. The van der Waals surface area contributed by atoms with Crippen LogP contribution in [0.3, 0.4) is 0 Å². The van der Waals surface area contributed by atoms with E-state index in [-0.39, 0.29) is 5.91 Å². The number of hydrogen-bond acceptors (Lipinski definition) is 3. The summed E-state index contributed by atoms with van der Waals surface area (Å²) in [5.74, 6) is 1.97. The van der Waals surface area contributed by atoms with Gasteiger partial charge in [-0.3, -0.25) is 4.79 Å². The second-order valence-electron chi connectivity index (χ2n) is 4.10. The molecule has 3 nitrogen and oxygen atoms in total. The van der Waals surface area contributed by atoms with Gasteiger partial charge in [0.15, 0.2) is 0 Å². The molecule has 2 unspecified atom stereocenters. The van der Waals surface area contributed by atoms with Crippen LogP contribution in [0.4, 0.5) is 0 Å². The van der Waals surface area contributed by atoms with E-state index in [2.05, 4.69) is 0 Å². The number of carbonyl (C=O) groups is 1. The molecule has 2 rings (SSSR count). The fourth-order valence-electron chi connectivity index (χ4n) is 1.94. The van der Waals surface area contributed by atoms with E-state index < -0.39 is 5.38 Å². The van der Waals surface area contributed by atoms with E-state index in [1.54, 1.807) is 13.2 Å². The lowest BCUT2D eigenvalue weighted by molar-refractivity contribution is -0.130. The van der Waals surface area contributed by atoms with Crippen molar-refractivity contribution in [1.82, 2.24) is 4.90 Å². The van der Waals surface area contributed by atoms with Crippen LogP contribution in [0.25, 0.3) is 0 Å². The van der Waals surface area contributed by atoms with E-state index >= 15 is 0 Å². The lowest BCUT2D eigenvalue weighted by Crippen LogP contribution is -2.37. The van der Waals surface area contributed by atoms with Crippen molar-refractivity contribution in [3.05, 3.63) is 24.2 Å². The molecule has 0 aliphatic carbocycles. The van der Waals surface area contributed by atoms with Crippen molar-refractivity contribution in [2.45, 2.75) is 24.0 Å². The molecule has 1 aliphatic heterocycles. The van der Waals surface area contributed by atoms with Crippen molar-refractivity contribution in [1.29, 1.82) is 0 Å². The highest BCUT2D eigenvalue weighted by Gasteiger charge is 2.25. The van der Waals surface area contributed by atoms with Gasteiger partial charge in [0, 0.05) is 18.8 Å². The Balaban J connectivity index is 1.96. The highest BCUT2D eigenvalue weighted by molar-refractivity contribution is 7.99. The Morgan fingerprint density at radius 1 is 1.65 bits per heavy atom. The van der Waals surface area contributed by atoms with E-state index in [0.717, 1.165) is 31.0 Å². The average molecular weight is 274 g/mol. The fourth-order valence-corrected chi connectivity index (χ4v) is 3.26. The third-order valence-electron chi connectivity index (χ3n) is 2.85. The monoisotopic (exact) mass is 273 g/mol. The molecule has 5 heteroatoms. The average Bonchev–Trinajstić information content (AvgIpc) is 2.73. The van der Waals surface area contributed by atoms with E-state index in [0.29, 0.717) is 5.25 Å². The molecule has 1 aromatic rings. The molecule has 94 valence electrons. The zero-order valence-corrected chi connectivity index (χ0v) is 11.3. The number of halogens is 1. The molecule has 0 N–H and O–H groups in total. The van der Waals surface area contributed by atoms with Crippen LogP contribution in [-0.4, -0.2) is 35.0 Å². The maximum absolute atomic E-state index is 11.8. The molecule has 1 saturated heterocycles. The predicted molar refractivity (Wildman–Crippen MR) is 70.4 cm³/mol. The Bertz CT molecular complexity index is 367. The maximum Gasteiger partial charge on any atom is 0.240 e. The molecule has 1 fully saturated rings. The molecule has 2 heterocycles. The largest absolute Gasteiger partial charge is 0.468 e. The van der Waals surface area contributed by atoms with Crippen LogP contribution in [0.5, 0.6) is 0 Å². The highest BCUT2D eigenvalue weighted by atomic mass is 35.5. The van der Waals surface area contributed by atoms with Crippen molar-refractivity contribution in [3.8, 4) is 0 Å². The summed E-state index contributed by atoms with van der Waals surface area (Å²) in [5, 5.41) is -0.0754. The van der Waals surface area contributed by atoms with Crippen LogP contribution in [0.1, 0.15) is 24.4 Å². The quantitative estimate of drug-likeness (QED) is 0.777. The van der Waals surface area contributed by atoms with E-state index in [9.17, 15) is 4.79 Å². The number of furan rings is 1. The number of rotatable bonds is 2. The first-order chi connectivity index (χ1) is 8.18. The Morgan fingerprint density at radius 3 is 3.12 bits per heavy atom. The van der Waals surface area contributed by atoms with Gasteiger partial charge in [0.25, 0.3) is 0 Å². The Labute approximate surface area is 110 Å². The van der Waals surface area contributed by atoms with Gasteiger partial charge in [0.2, 0.25) is 5.91 Å². The van der Waals surface area contributed by atoms with E-state index in [4.69, 9.17) is 16.0 Å². The van der Waals surface area contributed by atoms with Gasteiger partial charge in [-0.25, -0.2) is 0 Å². The second-order valence-corrected chi connectivity index (χ2v) is 6.07. The minimum absolute atomic E-state index is 0.0346. The first kappa shape index (κ1) is 12.8. The lowest BCUT2D eigenvalue weighted by Gasteiger charge is -2.21. The molecule has 0 radical (unpaired) electrons. The van der Waals surface area contributed by atoms with Crippen molar-refractivity contribution in [3.63, 3.8) is 0 Å². The van der Waals surface area contributed by atoms with Crippen LogP contribution in [0.15, 0.2) is 22.8 Å². The first-order valence-electron chi connectivity index (χ1n) is 5.76. The van der Waals surface area contributed by atoms with Crippen LogP contribution >= 0.6 is 23.4 Å². The SMILES string of the molecule is CC(Cl)C(=O)N1CCSC(c2ccco2)CC1. The van der Waals surface area contributed by atoms with Crippen LogP contribution in [0, 0.1) is 0 Å². The third kappa shape index (κ3) is 3.19. The summed E-state index contributed by atoms with van der Waals surface area (Å²) >= 11 is 7.68. The smallest absolute Gasteiger partial charge is 0.240 e. The second kappa shape index (κ2) is 5.83. The van der Waals surface area contributed by atoms with Crippen LogP contribution in [-0.2, 0) is 4.79 Å². The highest BCUT2D eigenvalue weighted by Crippen LogP contribution is 2.34. The maximum atomic E-state index is 11.8. The Hall–Kier alpha value is -0.610. The van der Waals surface area contributed by atoms with E-state index in [1.807, 2.05) is 28.8 Å². The standard InChI is InChI=1S/C12H16ClNO2S/c1-9(13)12(15)14-5-4-11(17-8-6-14)10-3-2-7-16-10/h2-3,7,9,11H,4-6,8H2,1H3. The van der Waals surface area contributed by atoms with Gasteiger partial charge in [-0.2, -0.15) is 0 Å². The summed E-state index contributed by atoms with van der Waals surface area (Å²) in [5.41, 5.74) is 0. The minimum atomic E-state index is -0.430. The predicted octanol–water partition coefficient (Wildman–Crippen LogP) is 2.91. The zero-order valence-electron chi connectivity index (χ0n) is 9.77.